The van der Waals surface area contributed by atoms with Gasteiger partial charge in [-0.05, 0) is 25.0 Å². The maximum atomic E-state index is 13.9. The molecule has 1 aromatic carbocycles. The van der Waals surface area contributed by atoms with Gasteiger partial charge in [0.05, 0.1) is 25.4 Å². The van der Waals surface area contributed by atoms with E-state index in [1.54, 1.807) is 24.0 Å². The summed E-state index contributed by atoms with van der Waals surface area (Å²) in [5, 5.41) is 0. The zero-order valence-corrected chi connectivity index (χ0v) is 16.5. The van der Waals surface area contributed by atoms with Gasteiger partial charge in [-0.15, -0.1) is 0 Å². The second kappa shape index (κ2) is 10.3. The number of hydrogen-bond acceptors (Lipinski definition) is 5. The van der Waals surface area contributed by atoms with Crippen LogP contribution in [0.1, 0.15) is 20.8 Å². The molecule has 2 rings (SSSR count). The molecule has 0 aromatic heterocycles. The molecule has 1 aliphatic heterocycles. The average Bonchev–Trinajstić information content (AvgIpc) is 2.62. The number of esters is 1. The topological polar surface area (TPSA) is 53.1 Å². The summed E-state index contributed by atoms with van der Waals surface area (Å²) in [7, 11) is 0. The minimum absolute atomic E-state index is 0.00636. The summed E-state index contributed by atoms with van der Waals surface area (Å²) in [6.45, 7) is 9.44. The molecule has 1 saturated heterocycles. The molecule has 0 atom stereocenters. The number of rotatable bonds is 8. The number of ether oxygens (including phenoxy) is 1. The molecule has 1 fully saturated rings. The highest BCUT2D eigenvalue weighted by Crippen LogP contribution is 2.20. The van der Waals surface area contributed by atoms with Crippen molar-refractivity contribution < 1.29 is 18.7 Å². The molecule has 27 heavy (non-hydrogen) atoms. The zero-order chi connectivity index (χ0) is 19.8. The van der Waals surface area contributed by atoms with Gasteiger partial charge < -0.3 is 14.5 Å². The molecular formula is C20H30FN3O3. The van der Waals surface area contributed by atoms with Crippen LogP contribution >= 0.6 is 0 Å². The number of nitrogens with zero attached hydrogens (tertiary/aromatic N) is 3. The maximum Gasteiger partial charge on any atom is 0.320 e. The number of carbonyl (C=O) groups is 2. The Bertz CT molecular complexity index is 631. The molecule has 7 heteroatoms. The third-order valence-electron chi connectivity index (χ3n) is 4.47. The van der Waals surface area contributed by atoms with Crippen molar-refractivity contribution in [1.29, 1.82) is 0 Å². The number of anilines is 1. The van der Waals surface area contributed by atoms with Gasteiger partial charge in [0, 0.05) is 32.7 Å². The Balaban J connectivity index is 1.89. The molecule has 0 saturated carbocycles. The van der Waals surface area contributed by atoms with Crippen LogP contribution in [0.3, 0.4) is 0 Å². The van der Waals surface area contributed by atoms with Gasteiger partial charge in [-0.1, -0.05) is 26.0 Å². The van der Waals surface area contributed by atoms with Gasteiger partial charge in [0.15, 0.2) is 0 Å². The summed E-state index contributed by atoms with van der Waals surface area (Å²) in [5.41, 5.74) is 0.577. The highest BCUT2D eigenvalue weighted by atomic mass is 19.1. The summed E-state index contributed by atoms with van der Waals surface area (Å²) < 4.78 is 18.9. The number of para-hydroxylation sites is 1. The lowest BCUT2D eigenvalue weighted by molar-refractivity contribution is -0.145. The molecular weight excluding hydrogens is 349 g/mol. The van der Waals surface area contributed by atoms with Crippen LogP contribution in [0.5, 0.6) is 0 Å². The van der Waals surface area contributed by atoms with E-state index in [2.05, 4.69) is 13.8 Å². The van der Waals surface area contributed by atoms with Crippen molar-refractivity contribution in [3.05, 3.63) is 30.1 Å². The summed E-state index contributed by atoms with van der Waals surface area (Å²) in [6.07, 6.45) is 0. The molecule has 0 aliphatic carbocycles. The Labute approximate surface area is 160 Å². The number of benzene rings is 1. The molecule has 0 unspecified atom stereocenters. The van der Waals surface area contributed by atoms with E-state index in [1.165, 1.54) is 6.07 Å². The summed E-state index contributed by atoms with van der Waals surface area (Å²) in [6, 6.07) is 6.70. The normalized spacial score (nSPS) is 14.7. The third kappa shape index (κ3) is 6.50. The first-order valence-corrected chi connectivity index (χ1v) is 9.56. The average molecular weight is 379 g/mol. The highest BCUT2D eigenvalue weighted by molar-refractivity contribution is 5.79. The van der Waals surface area contributed by atoms with E-state index in [0.29, 0.717) is 50.9 Å². The van der Waals surface area contributed by atoms with Crippen LogP contribution in [-0.2, 0) is 14.3 Å². The predicted molar refractivity (Wildman–Crippen MR) is 103 cm³/mol. The Kier molecular flexibility index (Phi) is 8.03. The van der Waals surface area contributed by atoms with E-state index in [9.17, 15) is 14.0 Å². The first-order chi connectivity index (χ1) is 12.9. The van der Waals surface area contributed by atoms with E-state index >= 15 is 0 Å². The monoisotopic (exact) mass is 379 g/mol. The molecule has 1 amide bonds. The minimum Gasteiger partial charge on any atom is -0.465 e. The molecule has 0 N–H and O–H groups in total. The van der Waals surface area contributed by atoms with Crippen LogP contribution in [0.2, 0.25) is 0 Å². The number of hydrogen-bond donors (Lipinski definition) is 0. The summed E-state index contributed by atoms with van der Waals surface area (Å²) in [4.78, 5) is 30.1. The molecule has 1 aromatic rings. The second-order valence-electron chi connectivity index (χ2n) is 7.19. The van der Waals surface area contributed by atoms with E-state index in [4.69, 9.17) is 4.74 Å². The third-order valence-corrected chi connectivity index (χ3v) is 4.47. The summed E-state index contributed by atoms with van der Waals surface area (Å²) in [5.74, 6) is -0.219. The molecule has 0 radical (unpaired) electrons. The minimum atomic E-state index is -0.310. The van der Waals surface area contributed by atoms with Gasteiger partial charge >= 0.3 is 5.97 Å². The molecule has 150 valence electrons. The zero-order valence-electron chi connectivity index (χ0n) is 16.5. The van der Waals surface area contributed by atoms with Crippen LogP contribution in [0, 0.1) is 11.7 Å². The fraction of sp³-hybridized carbons (Fsp3) is 0.600. The van der Waals surface area contributed by atoms with Crippen molar-refractivity contribution in [2.24, 2.45) is 5.92 Å². The SMILES string of the molecule is CCOC(=O)CN(CC(=O)N1CCN(c2ccccc2F)CC1)CC(C)C. The molecule has 1 heterocycles. The van der Waals surface area contributed by atoms with Crippen LogP contribution in [0.15, 0.2) is 24.3 Å². The van der Waals surface area contributed by atoms with E-state index in [1.807, 2.05) is 15.9 Å². The second-order valence-corrected chi connectivity index (χ2v) is 7.19. The van der Waals surface area contributed by atoms with Gasteiger partial charge in [0.2, 0.25) is 5.91 Å². The first-order valence-electron chi connectivity index (χ1n) is 9.56. The Morgan fingerprint density at radius 1 is 1.15 bits per heavy atom. The first kappa shape index (κ1) is 21.2. The van der Waals surface area contributed by atoms with Crippen molar-refractivity contribution in [3.8, 4) is 0 Å². The largest absolute Gasteiger partial charge is 0.465 e. The smallest absolute Gasteiger partial charge is 0.320 e. The quantitative estimate of drug-likeness (QED) is 0.647. The van der Waals surface area contributed by atoms with Gasteiger partial charge in [-0.25, -0.2) is 4.39 Å². The fourth-order valence-corrected chi connectivity index (χ4v) is 3.29. The lowest BCUT2D eigenvalue weighted by Gasteiger charge is -2.37. The van der Waals surface area contributed by atoms with E-state index in [0.717, 1.165) is 0 Å². The summed E-state index contributed by atoms with van der Waals surface area (Å²) >= 11 is 0. The molecule has 1 aliphatic rings. The van der Waals surface area contributed by atoms with E-state index < -0.39 is 0 Å². The number of amides is 1. The number of piperazine rings is 1. The Morgan fingerprint density at radius 2 is 1.81 bits per heavy atom. The van der Waals surface area contributed by atoms with Gasteiger partial charge in [-0.2, -0.15) is 0 Å². The van der Waals surface area contributed by atoms with Crippen molar-refractivity contribution >= 4 is 17.6 Å². The number of carbonyl (C=O) groups excluding carboxylic acids is 2. The van der Waals surface area contributed by atoms with Crippen LogP contribution in [0.25, 0.3) is 0 Å². The molecule has 0 bridgehead atoms. The van der Waals surface area contributed by atoms with Crippen LogP contribution in [-0.4, -0.2) is 74.1 Å². The fourth-order valence-electron chi connectivity index (χ4n) is 3.29. The van der Waals surface area contributed by atoms with Gasteiger partial charge in [-0.3, -0.25) is 14.5 Å². The van der Waals surface area contributed by atoms with Gasteiger partial charge in [0.1, 0.15) is 5.82 Å². The lowest BCUT2D eigenvalue weighted by Crippen LogP contribution is -2.52. The Morgan fingerprint density at radius 3 is 2.41 bits per heavy atom. The highest BCUT2D eigenvalue weighted by Gasteiger charge is 2.25. The number of halogens is 1. The van der Waals surface area contributed by atoms with Crippen molar-refractivity contribution in [2.45, 2.75) is 20.8 Å². The maximum absolute atomic E-state index is 13.9. The lowest BCUT2D eigenvalue weighted by atomic mass is 10.2. The van der Waals surface area contributed by atoms with Crippen molar-refractivity contribution in [2.75, 3.05) is 57.3 Å². The molecule has 0 spiro atoms. The van der Waals surface area contributed by atoms with Crippen LogP contribution < -0.4 is 4.90 Å². The van der Waals surface area contributed by atoms with Gasteiger partial charge in [0.25, 0.3) is 0 Å². The predicted octanol–water partition coefficient (Wildman–Crippen LogP) is 2.00. The molecule has 6 nitrogen and oxygen atoms in total. The van der Waals surface area contributed by atoms with E-state index in [-0.39, 0.29) is 30.8 Å². The van der Waals surface area contributed by atoms with Crippen molar-refractivity contribution in [3.63, 3.8) is 0 Å². The Hall–Kier alpha value is -2.15. The van der Waals surface area contributed by atoms with Crippen molar-refractivity contribution in [1.82, 2.24) is 9.80 Å². The van der Waals surface area contributed by atoms with Crippen LogP contribution in [0.4, 0.5) is 10.1 Å². The standard InChI is InChI=1S/C20H30FN3O3/c1-4-27-20(26)15-22(13-16(2)3)14-19(25)24-11-9-23(10-12-24)18-8-6-5-7-17(18)21/h5-8,16H,4,9-15H2,1-3H3.